The highest BCUT2D eigenvalue weighted by atomic mass is 19.1. The van der Waals surface area contributed by atoms with Gasteiger partial charge in [0.2, 0.25) is 0 Å². The molecule has 1 aromatic carbocycles. The number of carbonyl (C=O) groups excluding carboxylic acids is 1. The summed E-state index contributed by atoms with van der Waals surface area (Å²) in [6.45, 7) is 2.44. The number of carbonyl (C=O) groups is 1. The van der Waals surface area contributed by atoms with Crippen molar-refractivity contribution in [3.05, 3.63) is 60.0 Å². The quantitative estimate of drug-likeness (QED) is 0.944. The molecule has 1 aliphatic rings. The number of benzene rings is 1. The van der Waals surface area contributed by atoms with E-state index in [0.717, 1.165) is 31.7 Å². The lowest BCUT2D eigenvalue weighted by molar-refractivity contribution is 0.0941. The summed E-state index contributed by atoms with van der Waals surface area (Å²) in [5, 5.41) is 2.85. The molecular weight excluding hydrogens is 293 g/mol. The van der Waals surface area contributed by atoms with Crippen LogP contribution in [0.1, 0.15) is 23.2 Å². The Bertz CT molecular complexity index is 654. The molecule has 0 saturated carbocycles. The van der Waals surface area contributed by atoms with Gasteiger partial charge in [0.25, 0.3) is 5.91 Å². The zero-order valence-electron chi connectivity index (χ0n) is 12.9. The van der Waals surface area contributed by atoms with Crippen molar-refractivity contribution in [1.82, 2.24) is 10.3 Å². The van der Waals surface area contributed by atoms with Crippen molar-refractivity contribution >= 4 is 11.7 Å². The fraction of sp³-hybridized carbons (Fsp3) is 0.333. The van der Waals surface area contributed by atoms with E-state index < -0.39 is 5.82 Å². The fourth-order valence-corrected chi connectivity index (χ4v) is 2.88. The van der Waals surface area contributed by atoms with Crippen LogP contribution in [-0.4, -0.2) is 30.5 Å². The van der Waals surface area contributed by atoms with Crippen LogP contribution in [0.4, 0.5) is 10.2 Å². The van der Waals surface area contributed by atoms with Crippen molar-refractivity contribution in [3.8, 4) is 0 Å². The Labute approximate surface area is 135 Å². The van der Waals surface area contributed by atoms with Crippen molar-refractivity contribution in [2.24, 2.45) is 5.92 Å². The van der Waals surface area contributed by atoms with E-state index in [2.05, 4.69) is 15.2 Å². The highest BCUT2D eigenvalue weighted by Gasteiger charge is 2.21. The first-order valence-corrected chi connectivity index (χ1v) is 7.93. The third-order valence-electron chi connectivity index (χ3n) is 4.26. The number of pyridine rings is 1. The van der Waals surface area contributed by atoms with Crippen molar-refractivity contribution in [3.63, 3.8) is 0 Å². The van der Waals surface area contributed by atoms with Crippen molar-refractivity contribution in [2.45, 2.75) is 12.8 Å². The number of hydrogen-bond acceptors (Lipinski definition) is 3. The minimum atomic E-state index is -0.477. The smallest absolute Gasteiger partial charge is 0.254 e. The summed E-state index contributed by atoms with van der Waals surface area (Å²) in [5.74, 6) is 0.609. The van der Waals surface area contributed by atoms with Gasteiger partial charge in [-0.25, -0.2) is 9.37 Å². The Hall–Kier alpha value is -2.43. The van der Waals surface area contributed by atoms with Crippen LogP contribution in [-0.2, 0) is 0 Å². The van der Waals surface area contributed by atoms with Gasteiger partial charge in [-0.3, -0.25) is 4.79 Å². The van der Waals surface area contributed by atoms with Crippen molar-refractivity contribution < 1.29 is 9.18 Å². The lowest BCUT2D eigenvalue weighted by atomic mass is 9.96. The molecule has 1 saturated heterocycles. The average molecular weight is 313 g/mol. The Balaban J connectivity index is 1.48. The lowest BCUT2D eigenvalue weighted by Gasteiger charge is -2.32. The Morgan fingerprint density at radius 2 is 1.91 bits per heavy atom. The summed E-state index contributed by atoms with van der Waals surface area (Å²) in [7, 11) is 0. The number of nitrogens with zero attached hydrogens (tertiary/aromatic N) is 2. The molecule has 0 bridgehead atoms. The molecule has 0 aliphatic carbocycles. The number of hydrogen-bond donors (Lipinski definition) is 1. The molecule has 0 spiro atoms. The Morgan fingerprint density at radius 1 is 1.17 bits per heavy atom. The first-order valence-electron chi connectivity index (χ1n) is 7.93. The SMILES string of the molecule is O=C(NCC1CCN(c2ccccn2)CC1)c1ccccc1F. The van der Waals surface area contributed by atoms with Gasteiger partial charge in [-0.2, -0.15) is 0 Å². The van der Waals surface area contributed by atoms with Gasteiger partial charge in [-0.05, 0) is 43.0 Å². The van der Waals surface area contributed by atoms with Crippen molar-refractivity contribution in [1.29, 1.82) is 0 Å². The molecule has 0 atom stereocenters. The minimum Gasteiger partial charge on any atom is -0.357 e. The predicted octanol–water partition coefficient (Wildman–Crippen LogP) is 2.87. The van der Waals surface area contributed by atoms with E-state index >= 15 is 0 Å². The second-order valence-corrected chi connectivity index (χ2v) is 5.81. The van der Waals surface area contributed by atoms with E-state index in [1.807, 2.05) is 18.2 Å². The molecule has 3 rings (SSSR count). The van der Waals surface area contributed by atoms with Gasteiger partial charge >= 0.3 is 0 Å². The van der Waals surface area contributed by atoms with E-state index in [1.54, 1.807) is 18.3 Å². The molecule has 1 aliphatic heterocycles. The van der Waals surface area contributed by atoms with Gasteiger partial charge in [0, 0.05) is 25.8 Å². The molecule has 4 nitrogen and oxygen atoms in total. The maximum absolute atomic E-state index is 13.6. The molecule has 2 heterocycles. The predicted molar refractivity (Wildman–Crippen MR) is 87.9 cm³/mol. The summed E-state index contributed by atoms with van der Waals surface area (Å²) >= 11 is 0. The number of halogens is 1. The molecule has 2 aromatic rings. The monoisotopic (exact) mass is 313 g/mol. The molecule has 5 heteroatoms. The van der Waals surface area contributed by atoms with Crippen molar-refractivity contribution in [2.75, 3.05) is 24.5 Å². The molecule has 1 N–H and O–H groups in total. The molecule has 23 heavy (non-hydrogen) atoms. The number of rotatable bonds is 4. The molecule has 1 fully saturated rings. The van der Waals surface area contributed by atoms with Crippen LogP contribution < -0.4 is 10.2 Å². The second kappa shape index (κ2) is 7.22. The Kier molecular flexibility index (Phi) is 4.86. The van der Waals surface area contributed by atoms with Crippen LogP contribution in [0.25, 0.3) is 0 Å². The number of piperidine rings is 1. The van der Waals surface area contributed by atoms with E-state index in [4.69, 9.17) is 0 Å². The summed E-state index contributed by atoms with van der Waals surface area (Å²) in [5.41, 5.74) is 0.110. The van der Waals surface area contributed by atoms with Gasteiger partial charge < -0.3 is 10.2 Å². The van der Waals surface area contributed by atoms with Crippen LogP contribution in [0.2, 0.25) is 0 Å². The average Bonchev–Trinajstić information content (AvgIpc) is 2.61. The lowest BCUT2D eigenvalue weighted by Crippen LogP contribution is -2.39. The number of aromatic nitrogens is 1. The molecule has 1 amide bonds. The van der Waals surface area contributed by atoms with Gasteiger partial charge in [-0.1, -0.05) is 18.2 Å². The minimum absolute atomic E-state index is 0.110. The largest absolute Gasteiger partial charge is 0.357 e. The molecular formula is C18H20FN3O. The van der Waals surface area contributed by atoms with E-state index in [1.165, 1.54) is 12.1 Å². The number of anilines is 1. The first-order chi connectivity index (χ1) is 11.2. The van der Waals surface area contributed by atoms with Gasteiger partial charge in [-0.15, -0.1) is 0 Å². The second-order valence-electron chi connectivity index (χ2n) is 5.81. The first kappa shape index (κ1) is 15.5. The van der Waals surface area contributed by atoms with Gasteiger partial charge in [0.05, 0.1) is 5.56 Å². The van der Waals surface area contributed by atoms with E-state index in [0.29, 0.717) is 12.5 Å². The van der Waals surface area contributed by atoms with Crippen LogP contribution >= 0.6 is 0 Å². The third kappa shape index (κ3) is 3.86. The van der Waals surface area contributed by atoms with Crippen LogP contribution in [0.5, 0.6) is 0 Å². The maximum Gasteiger partial charge on any atom is 0.254 e. The molecule has 0 radical (unpaired) electrons. The molecule has 0 unspecified atom stereocenters. The van der Waals surface area contributed by atoms with Crippen LogP contribution in [0.3, 0.4) is 0 Å². The maximum atomic E-state index is 13.6. The van der Waals surface area contributed by atoms with Crippen LogP contribution in [0, 0.1) is 11.7 Å². The summed E-state index contributed by atoms with van der Waals surface area (Å²) in [6, 6.07) is 12.0. The number of amides is 1. The normalized spacial score (nSPS) is 15.4. The van der Waals surface area contributed by atoms with Gasteiger partial charge in [0.15, 0.2) is 0 Å². The number of nitrogens with one attached hydrogen (secondary N) is 1. The summed E-state index contributed by atoms with van der Waals surface area (Å²) < 4.78 is 13.6. The summed E-state index contributed by atoms with van der Waals surface area (Å²) in [4.78, 5) is 18.6. The fourth-order valence-electron chi connectivity index (χ4n) is 2.88. The van der Waals surface area contributed by atoms with E-state index in [-0.39, 0.29) is 11.5 Å². The zero-order valence-corrected chi connectivity index (χ0v) is 12.9. The highest BCUT2D eigenvalue weighted by molar-refractivity contribution is 5.94. The topological polar surface area (TPSA) is 45.2 Å². The Morgan fingerprint density at radius 3 is 2.61 bits per heavy atom. The highest BCUT2D eigenvalue weighted by Crippen LogP contribution is 2.21. The van der Waals surface area contributed by atoms with Gasteiger partial charge in [0.1, 0.15) is 11.6 Å². The molecule has 1 aromatic heterocycles. The third-order valence-corrected chi connectivity index (χ3v) is 4.26. The van der Waals surface area contributed by atoms with Crippen LogP contribution in [0.15, 0.2) is 48.7 Å². The zero-order chi connectivity index (χ0) is 16.1. The molecule has 120 valence electrons. The van der Waals surface area contributed by atoms with E-state index in [9.17, 15) is 9.18 Å². The summed E-state index contributed by atoms with van der Waals surface area (Å²) in [6.07, 6.45) is 3.79. The standard InChI is InChI=1S/C18H20FN3O/c19-16-6-2-1-5-15(16)18(23)21-13-14-8-11-22(12-9-14)17-7-3-4-10-20-17/h1-7,10,14H,8-9,11-13H2,(H,21,23).